The third-order valence-electron chi connectivity index (χ3n) is 4.05. The van der Waals surface area contributed by atoms with Crippen LogP contribution < -0.4 is 10.1 Å². The van der Waals surface area contributed by atoms with Gasteiger partial charge < -0.3 is 10.1 Å². The molecular weight excluding hydrogens is 234 g/mol. The zero-order valence-electron chi connectivity index (χ0n) is 12.1. The molecule has 0 saturated heterocycles. The molecule has 2 atom stereocenters. The van der Waals surface area contributed by atoms with Gasteiger partial charge in [0.15, 0.2) is 0 Å². The highest BCUT2D eigenvalue weighted by Gasteiger charge is 2.25. The SMILES string of the molecule is CCCNC1CCCC1CCCOc1ccccc1. The summed E-state index contributed by atoms with van der Waals surface area (Å²) >= 11 is 0. The van der Waals surface area contributed by atoms with Crippen molar-refractivity contribution in [2.75, 3.05) is 13.2 Å². The van der Waals surface area contributed by atoms with Crippen LogP contribution in [0.15, 0.2) is 30.3 Å². The molecule has 2 heteroatoms. The van der Waals surface area contributed by atoms with Gasteiger partial charge in [-0.2, -0.15) is 0 Å². The largest absolute Gasteiger partial charge is 0.494 e. The minimum atomic E-state index is 0.761. The quantitative estimate of drug-likeness (QED) is 0.714. The van der Waals surface area contributed by atoms with Crippen LogP contribution in [0.2, 0.25) is 0 Å². The molecule has 106 valence electrons. The summed E-state index contributed by atoms with van der Waals surface area (Å²) < 4.78 is 5.76. The van der Waals surface area contributed by atoms with Gasteiger partial charge in [-0.1, -0.05) is 31.5 Å². The monoisotopic (exact) mass is 261 g/mol. The number of ether oxygens (including phenoxy) is 1. The highest BCUT2D eigenvalue weighted by atomic mass is 16.5. The number of rotatable bonds is 8. The molecule has 1 aromatic carbocycles. The van der Waals surface area contributed by atoms with Gasteiger partial charge in [0, 0.05) is 6.04 Å². The van der Waals surface area contributed by atoms with E-state index in [0.29, 0.717) is 0 Å². The normalized spacial score (nSPS) is 22.6. The number of hydrogen-bond acceptors (Lipinski definition) is 2. The fourth-order valence-electron chi connectivity index (χ4n) is 3.03. The maximum absolute atomic E-state index is 5.76. The first kappa shape index (κ1) is 14.4. The Kier molecular flexibility index (Phi) is 6.22. The molecule has 1 fully saturated rings. The molecule has 1 aromatic rings. The van der Waals surface area contributed by atoms with Crippen LogP contribution in [0.5, 0.6) is 5.75 Å². The molecule has 1 aliphatic rings. The van der Waals surface area contributed by atoms with Crippen molar-refractivity contribution in [1.29, 1.82) is 0 Å². The predicted molar refractivity (Wildman–Crippen MR) is 80.6 cm³/mol. The molecule has 0 bridgehead atoms. The van der Waals surface area contributed by atoms with Crippen molar-refractivity contribution < 1.29 is 4.74 Å². The smallest absolute Gasteiger partial charge is 0.119 e. The van der Waals surface area contributed by atoms with Crippen molar-refractivity contribution in [3.63, 3.8) is 0 Å². The number of para-hydroxylation sites is 1. The van der Waals surface area contributed by atoms with E-state index in [1.54, 1.807) is 0 Å². The molecular formula is C17H27NO. The van der Waals surface area contributed by atoms with Gasteiger partial charge >= 0.3 is 0 Å². The second-order valence-electron chi connectivity index (χ2n) is 5.56. The van der Waals surface area contributed by atoms with Gasteiger partial charge in [0.1, 0.15) is 5.75 Å². The van der Waals surface area contributed by atoms with E-state index in [2.05, 4.69) is 12.2 Å². The molecule has 2 rings (SSSR count). The summed E-state index contributed by atoms with van der Waals surface area (Å²) in [7, 11) is 0. The summed E-state index contributed by atoms with van der Waals surface area (Å²) in [6.07, 6.45) is 7.86. The lowest BCUT2D eigenvalue weighted by atomic mass is 9.98. The van der Waals surface area contributed by atoms with Crippen LogP contribution >= 0.6 is 0 Å². The van der Waals surface area contributed by atoms with Crippen LogP contribution in [-0.4, -0.2) is 19.2 Å². The van der Waals surface area contributed by atoms with Crippen molar-refractivity contribution >= 4 is 0 Å². The Labute approximate surface area is 117 Å². The Bertz CT molecular complexity index is 338. The third-order valence-corrected chi connectivity index (χ3v) is 4.05. The van der Waals surface area contributed by atoms with Gasteiger partial charge in [-0.15, -0.1) is 0 Å². The Hall–Kier alpha value is -1.02. The Morgan fingerprint density at radius 3 is 2.84 bits per heavy atom. The lowest BCUT2D eigenvalue weighted by Crippen LogP contribution is -2.33. The van der Waals surface area contributed by atoms with Gasteiger partial charge in [-0.3, -0.25) is 0 Å². The fraction of sp³-hybridized carbons (Fsp3) is 0.647. The lowest BCUT2D eigenvalue weighted by molar-refractivity contribution is 0.280. The Balaban J connectivity index is 1.62. The maximum Gasteiger partial charge on any atom is 0.119 e. The number of benzene rings is 1. The summed E-state index contributed by atoms with van der Waals surface area (Å²) in [5.41, 5.74) is 0. The van der Waals surface area contributed by atoms with Crippen LogP contribution in [0.25, 0.3) is 0 Å². The van der Waals surface area contributed by atoms with Crippen molar-refractivity contribution in [2.24, 2.45) is 5.92 Å². The average molecular weight is 261 g/mol. The fourth-order valence-corrected chi connectivity index (χ4v) is 3.03. The molecule has 0 aromatic heterocycles. The molecule has 0 radical (unpaired) electrons. The van der Waals surface area contributed by atoms with Crippen molar-refractivity contribution in [3.8, 4) is 5.75 Å². The number of hydrogen-bond donors (Lipinski definition) is 1. The molecule has 2 unspecified atom stereocenters. The molecule has 1 saturated carbocycles. The summed E-state index contributed by atoms with van der Waals surface area (Å²) in [6, 6.07) is 10.9. The van der Waals surface area contributed by atoms with Crippen molar-refractivity contribution in [2.45, 2.75) is 51.5 Å². The van der Waals surface area contributed by atoms with Crippen molar-refractivity contribution in [1.82, 2.24) is 5.32 Å². The van der Waals surface area contributed by atoms with Crippen LogP contribution in [0, 0.1) is 5.92 Å². The van der Waals surface area contributed by atoms with Gasteiger partial charge in [0.05, 0.1) is 6.61 Å². The average Bonchev–Trinajstić information content (AvgIpc) is 2.90. The molecule has 19 heavy (non-hydrogen) atoms. The second-order valence-corrected chi connectivity index (χ2v) is 5.56. The second kappa shape index (κ2) is 8.21. The van der Waals surface area contributed by atoms with E-state index >= 15 is 0 Å². The lowest BCUT2D eigenvalue weighted by Gasteiger charge is -2.20. The van der Waals surface area contributed by atoms with Crippen LogP contribution in [0.1, 0.15) is 45.4 Å². The van der Waals surface area contributed by atoms with E-state index in [0.717, 1.165) is 24.3 Å². The molecule has 0 heterocycles. The predicted octanol–water partition coefficient (Wildman–Crippen LogP) is 4.01. The molecule has 1 N–H and O–H groups in total. The molecule has 0 spiro atoms. The standard InChI is InChI=1S/C17H27NO/c1-2-13-18-17-12-6-8-15(17)9-7-14-19-16-10-4-3-5-11-16/h3-5,10-11,15,17-18H,2,6-9,12-14H2,1H3. The topological polar surface area (TPSA) is 21.3 Å². The minimum Gasteiger partial charge on any atom is -0.494 e. The Morgan fingerprint density at radius 2 is 2.05 bits per heavy atom. The maximum atomic E-state index is 5.76. The Morgan fingerprint density at radius 1 is 1.21 bits per heavy atom. The molecule has 0 amide bonds. The van der Waals surface area contributed by atoms with Crippen LogP contribution in [-0.2, 0) is 0 Å². The molecule has 2 nitrogen and oxygen atoms in total. The first-order valence-electron chi connectivity index (χ1n) is 7.81. The van der Waals surface area contributed by atoms with Gasteiger partial charge in [0.25, 0.3) is 0 Å². The first-order valence-corrected chi connectivity index (χ1v) is 7.81. The first-order chi connectivity index (χ1) is 9.40. The summed E-state index contributed by atoms with van der Waals surface area (Å²) in [4.78, 5) is 0. The highest BCUT2D eigenvalue weighted by molar-refractivity contribution is 5.20. The molecule has 0 aliphatic heterocycles. The van der Waals surface area contributed by atoms with E-state index in [9.17, 15) is 0 Å². The summed E-state index contributed by atoms with van der Waals surface area (Å²) in [5.74, 6) is 1.86. The molecule has 1 aliphatic carbocycles. The van der Waals surface area contributed by atoms with Crippen LogP contribution in [0.3, 0.4) is 0 Å². The van der Waals surface area contributed by atoms with Crippen molar-refractivity contribution in [3.05, 3.63) is 30.3 Å². The summed E-state index contributed by atoms with van der Waals surface area (Å²) in [6.45, 7) is 4.26. The van der Waals surface area contributed by atoms with E-state index in [-0.39, 0.29) is 0 Å². The van der Waals surface area contributed by atoms with Gasteiger partial charge in [-0.05, 0) is 56.7 Å². The third kappa shape index (κ3) is 4.87. The van der Waals surface area contributed by atoms with Gasteiger partial charge in [0.2, 0.25) is 0 Å². The minimum absolute atomic E-state index is 0.761. The van der Waals surface area contributed by atoms with E-state index in [1.807, 2.05) is 30.3 Å². The number of nitrogens with one attached hydrogen (secondary N) is 1. The van der Waals surface area contributed by atoms with Gasteiger partial charge in [-0.25, -0.2) is 0 Å². The van der Waals surface area contributed by atoms with E-state index in [1.165, 1.54) is 45.1 Å². The van der Waals surface area contributed by atoms with E-state index in [4.69, 9.17) is 4.74 Å². The van der Waals surface area contributed by atoms with Crippen LogP contribution in [0.4, 0.5) is 0 Å². The van der Waals surface area contributed by atoms with E-state index < -0.39 is 0 Å². The summed E-state index contributed by atoms with van der Waals surface area (Å²) in [5, 5.41) is 3.70. The highest BCUT2D eigenvalue weighted by Crippen LogP contribution is 2.29. The zero-order chi connectivity index (χ0) is 13.3. The zero-order valence-corrected chi connectivity index (χ0v) is 12.1.